The number of nitrogens with two attached hydrogens (primary N) is 1. The fourth-order valence-electron chi connectivity index (χ4n) is 3.28. The van der Waals surface area contributed by atoms with Gasteiger partial charge in [-0.25, -0.2) is 0 Å². The molecular weight excluding hydrogens is 266 g/mol. The Morgan fingerprint density at radius 2 is 1.71 bits per heavy atom. The Balaban J connectivity index is 1.53. The SMILES string of the molecule is NC(=O)CCN1C[C@@H]2CN(Cc3ccccc3)C[C@H](C1)O2. The van der Waals surface area contributed by atoms with Crippen molar-refractivity contribution >= 4 is 5.91 Å². The van der Waals surface area contributed by atoms with Crippen LogP contribution in [-0.4, -0.2) is 60.6 Å². The first-order valence-electron chi connectivity index (χ1n) is 7.61. The lowest BCUT2D eigenvalue weighted by Gasteiger charge is -2.45. The van der Waals surface area contributed by atoms with Gasteiger partial charge >= 0.3 is 0 Å². The van der Waals surface area contributed by atoms with Gasteiger partial charge in [0, 0.05) is 45.7 Å². The number of benzene rings is 1. The van der Waals surface area contributed by atoms with Crippen molar-refractivity contribution in [2.45, 2.75) is 25.2 Å². The number of morpholine rings is 2. The molecule has 2 bridgehead atoms. The van der Waals surface area contributed by atoms with Gasteiger partial charge < -0.3 is 10.5 Å². The summed E-state index contributed by atoms with van der Waals surface area (Å²) in [6.45, 7) is 5.45. The highest BCUT2D eigenvalue weighted by atomic mass is 16.5. The molecular formula is C16H23N3O2. The van der Waals surface area contributed by atoms with E-state index in [9.17, 15) is 4.79 Å². The minimum Gasteiger partial charge on any atom is -0.370 e. The Morgan fingerprint density at radius 3 is 2.33 bits per heavy atom. The monoisotopic (exact) mass is 289 g/mol. The molecule has 0 saturated carbocycles. The Morgan fingerprint density at radius 1 is 1.10 bits per heavy atom. The van der Waals surface area contributed by atoms with Gasteiger partial charge in [-0.2, -0.15) is 0 Å². The summed E-state index contributed by atoms with van der Waals surface area (Å²) in [5.41, 5.74) is 6.58. The van der Waals surface area contributed by atoms with E-state index in [0.29, 0.717) is 6.42 Å². The topological polar surface area (TPSA) is 58.8 Å². The smallest absolute Gasteiger partial charge is 0.218 e. The van der Waals surface area contributed by atoms with Gasteiger partial charge in [-0.1, -0.05) is 30.3 Å². The van der Waals surface area contributed by atoms with Gasteiger partial charge in [0.2, 0.25) is 5.91 Å². The minimum atomic E-state index is -0.225. The number of fused-ring (bicyclic) bond motifs is 2. The number of amides is 1. The summed E-state index contributed by atoms with van der Waals surface area (Å²) in [6.07, 6.45) is 0.927. The average Bonchev–Trinajstić information content (AvgIpc) is 2.45. The summed E-state index contributed by atoms with van der Waals surface area (Å²) in [5, 5.41) is 0. The third-order valence-electron chi connectivity index (χ3n) is 4.16. The van der Waals surface area contributed by atoms with Crippen molar-refractivity contribution in [3.8, 4) is 0 Å². The minimum absolute atomic E-state index is 0.225. The first-order valence-corrected chi connectivity index (χ1v) is 7.61. The molecule has 3 rings (SSSR count). The molecule has 0 unspecified atom stereocenters. The second kappa shape index (κ2) is 6.56. The van der Waals surface area contributed by atoms with Crippen molar-refractivity contribution in [1.29, 1.82) is 0 Å². The van der Waals surface area contributed by atoms with E-state index < -0.39 is 0 Å². The zero-order valence-electron chi connectivity index (χ0n) is 12.3. The molecule has 0 aliphatic carbocycles. The molecule has 1 aromatic rings. The molecule has 2 N–H and O–H groups in total. The van der Waals surface area contributed by atoms with Crippen LogP contribution < -0.4 is 5.73 Å². The first-order chi connectivity index (χ1) is 10.2. The van der Waals surface area contributed by atoms with E-state index in [-0.39, 0.29) is 18.1 Å². The van der Waals surface area contributed by atoms with E-state index in [4.69, 9.17) is 10.5 Å². The average molecular weight is 289 g/mol. The van der Waals surface area contributed by atoms with Crippen LogP contribution in [0.4, 0.5) is 0 Å². The normalized spacial score (nSPS) is 26.7. The van der Waals surface area contributed by atoms with Crippen LogP contribution in [-0.2, 0) is 16.1 Å². The highest BCUT2D eigenvalue weighted by Gasteiger charge is 2.34. The number of carbonyl (C=O) groups excluding carboxylic acids is 1. The van der Waals surface area contributed by atoms with Crippen LogP contribution in [0.2, 0.25) is 0 Å². The molecule has 2 saturated heterocycles. The predicted molar refractivity (Wildman–Crippen MR) is 80.6 cm³/mol. The van der Waals surface area contributed by atoms with Crippen molar-refractivity contribution in [1.82, 2.24) is 9.80 Å². The van der Waals surface area contributed by atoms with Gasteiger partial charge in [-0.3, -0.25) is 14.6 Å². The Labute approximate surface area is 125 Å². The van der Waals surface area contributed by atoms with E-state index in [1.807, 2.05) is 6.07 Å². The van der Waals surface area contributed by atoms with Gasteiger partial charge in [0.15, 0.2) is 0 Å². The lowest BCUT2D eigenvalue weighted by Crippen LogP contribution is -2.59. The second-order valence-corrected chi connectivity index (χ2v) is 6.04. The molecule has 5 heteroatoms. The molecule has 114 valence electrons. The Bertz CT molecular complexity index is 466. The quantitative estimate of drug-likeness (QED) is 0.855. The van der Waals surface area contributed by atoms with Gasteiger partial charge in [0.05, 0.1) is 12.2 Å². The van der Waals surface area contributed by atoms with Crippen molar-refractivity contribution in [2.24, 2.45) is 5.73 Å². The molecule has 21 heavy (non-hydrogen) atoms. The number of primary amides is 1. The van der Waals surface area contributed by atoms with Crippen molar-refractivity contribution in [3.05, 3.63) is 35.9 Å². The summed E-state index contributed by atoms with van der Waals surface area (Å²) < 4.78 is 6.03. The second-order valence-electron chi connectivity index (χ2n) is 6.04. The van der Waals surface area contributed by atoms with Crippen LogP contribution in [0.3, 0.4) is 0 Å². The fraction of sp³-hybridized carbons (Fsp3) is 0.562. The third-order valence-corrected chi connectivity index (χ3v) is 4.16. The van der Waals surface area contributed by atoms with Crippen LogP contribution in [0.1, 0.15) is 12.0 Å². The van der Waals surface area contributed by atoms with Crippen LogP contribution in [0.5, 0.6) is 0 Å². The summed E-state index contributed by atoms with van der Waals surface area (Å²) in [7, 11) is 0. The molecule has 0 spiro atoms. The maximum absolute atomic E-state index is 10.9. The number of ether oxygens (including phenoxy) is 1. The van der Waals surface area contributed by atoms with Crippen molar-refractivity contribution < 1.29 is 9.53 Å². The Hall–Kier alpha value is -1.43. The predicted octanol–water partition coefficient (Wildman–Crippen LogP) is 0.447. The van der Waals surface area contributed by atoms with Gasteiger partial charge in [0.25, 0.3) is 0 Å². The molecule has 2 aliphatic heterocycles. The molecule has 1 aromatic carbocycles. The zero-order chi connectivity index (χ0) is 14.7. The lowest BCUT2D eigenvalue weighted by atomic mass is 10.1. The standard InChI is InChI=1S/C16H23N3O2/c17-16(20)6-7-18-9-14-11-19(12-15(10-18)21-14)8-13-4-2-1-3-5-13/h1-5,14-15H,6-12H2,(H2,17,20)/t14-,15+. The summed E-state index contributed by atoms with van der Waals surface area (Å²) in [6, 6.07) is 10.6. The summed E-state index contributed by atoms with van der Waals surface area (Å²) >= 11 is 0. The van der Waals surface area contributed by atoms with Gasteiger partial charge in [-0.15, -0.1) is 0 Å². The lowest BCUT2D eigenvalue weighted by molar-refractivity contribution is -0.141. The third kappa shape index (κ3) is 4.03. The molecule has 2 aliphatic rings. The highest BCUT2D eigenvalue weighted by molar-refractivity contribution is 5.73. The summed E-state index contributed by atoms with van der Waals surface area (Å²) in [4.78, 5) is 15.7. The van der Waals surface area contributed by atoms with Crippen LogP contribution in [0.25, 0.3) is 0 Å². The van der Waals surface area contributed by atoms with Crippen LogP contribution in [0.15, 0.2) is 30.3 Å². The van der Waals surface area contributed by atoms with E-state index in [2.05, 4.69) is 34.1 Å². The van der Waals surface area contributed by atoms with Crippen LogP contribution in [0, 0.1) is 0 Å². The van der Waals surface area contributed by atoms with E-state index in [1.54, 1.807) is 0 Å². The zero-order valence-corrected chi connectivity index (χ0v) is 12.3. The van der Waals surface area contributed by atoms with E-state index in [1.165, 1.54) is 5.56 Å². The number of carbonyl (C=O) groups is 1. The largest absolute Gasteiger partial charge is 0.370 e. The molecule has 2 atom stereocenters. The maximum atomic E-state index is 10.9. The van der Waals surface area contributed by atoms with Gasteiger partial charge in [0.1, 0.15) is 0 Å². The number of hydrogen-bond donors (Lipinski definition) is 1. The van der Waals surface area contributed by atoms with Crippen molar-refractivity contribution in [2.75, 3.05) is 32.7 Å². The number of hydrogen-bond acceptors (Lipinski definition) is 4. The number of nitrogens with zero attached hydrogens (tertiary/aromatic N) is 2. The van der Waals surface area contributed by atoms with E-state index in [0.717, 1.165) is 39.3 Å². The molecule has 1 amide bonds. The maximum Gasteiger partial charge on any atom is 0.218 e. The molecule has 2 fully saturated rings. The van der Waals surface area contributed by atoms with Crippen molar-refractivity contribution in [3.63, 3.8) is 0 Å². The highest BCUT2D eigenvalue weighted by Crippen LogP contribution is 2.20. The first kappa shape index (κ1) is 14.5. The molecule has 0 radical (unpaired) electrons. The molecule has 2 heterocycles. The van der Waals surface area contributed by atoms with E-state index >= 15 is 0 Å². The fourth-order valence-corrected chi connectivity index (χ4v) is 3.28. The number of rotatable bonds is 5. The van der Waals surface area contributed by atoms with Crippen LogP contribution >= 0.6 is 0 Å². The summed E-state index contributed by atoms with van der Waals surface area (Å²) in [5.74, 6) is -0.225. The Kier molecular flexibility index (Phi) is 4.53. The van der Waals surface area contributed by atoms with Gasteiger partial charge in [-0.05, 0) is 5.56 Å². The molecule has 5 nitrogen and oxygen atoms in total. The molecule has 0 aromatic heterocycles.